The molecule has 0 fully saturated rings. The number of alkyl halides is 1. The van der Waals surface area contributed by atoms with Gasteiger partial charge in [0.25, 0.3) is 5.91 Å². The fourth-order valence-corrected chi connectivity index (χ4v) is 8.86. The number of phenols is 1. The Morgan fingerprint density at radius 3 is 2.47 bits per heavy atom. The monoisotopic (exact) mass is 846 g/mol. The van der Waals surface area contributed by atoms with Crippen LogP contribution in [0.15, 0.2) is 90.4 Å². The summed E-state index contributed by atoms with van der Waals surface area (Å²) in [6.45, 7) is 3.29. The molecule has 0 aliphatic carbocycles. The molecule has 3 aliphatic heterocycles. The van der Waals surface area contributed by atoms with Crippen molar-refractivity contribution in [2.75, 3.05) is 56.1 Å². The Balaban J connectivity index is 1.13. The SMILES string of the molecule is C=CCOC(=O)N1c2cc(OC[C@H](O)CC(=O)N3C[C@@H](CCl)c4c3cc(O)c3ccccc43)c(OC)cc2C(=O)N2CC=C(c3ccc(S(=O)(=O)NC)cc3)C[C@H]2C1O. The molecule has 4 aromatic carbocycles. The van der Waals surface area contributed by atoms with Gasteiger partial charge in [0.15, 0.2) is 17.7 Å². The number of fused-ring (bicyclic) bond motifs is 5. The average Bonchev–Trinajstić information content (AvgIpc) is 3.59. The van der Waals surface area contributed by atoms with Crippen molar-refractivity contribution in [1.82, 2.24) is 9.62 Å². The lowest BCUT2D eigenvalue weighted by atomic mass is 9.93. The average molecular weight is 847 g/mol. The van der Waals surface area contributed by atoms with Crippen LogP contribution in [0.4, 0.5) is 16.2 Å². The number of anilines is 2. The first-order valence-electron chi connectivity index (χ1n) is 18.7. The first-order valence-corrected chi connectivity index (χ1v) is 20.8. The number of hydrogen-bond donors (Lipinski definition) is 4. The fourth-order valence-electron chi connectivity index (χ4n) is 7.88. The molecule has 0 aromatic heterocycles. The van der Waals surface area contributed by atoms with Crippen LogP contribution in [-0.4, -0.2) is 111 Å². The molecule has 0 saturated heterocycles. The minimum atomic E-state index is -3.68. The van der Waals surface area contributed by atoms with Crippen LogP contribution in [0.2, 0.25) is 0 Å². The number of aromatic hydroxyl groups is 1. The molecule has 4 atom stereocenters. The van der Waals surface area contributed by atoms with Gasteiger partial charge in [-0.25, -0.2) is 22.8 Å². The van der Waals surface area contributed by atoms with Crippen molar-refractivity contribution in [3.63, 3.8) is 0 Å². The highest BCUT2D eigenvalue weighted by atomic mass is 35.5. The van der Waals surface area contributed by atoms with Gasteiger partial charge < -0.3 is 39.3 Å². The largest absolute Gasteiger partial charge is 0.507 e. The molecule has 0 spiro atoms. The number of carbonyl (C=O) groups is 3. The second-order valence-electron chi connectivity index (χ2n) is 14.3. The highest BCUT2D eigenvalue weighted by Gasteiger charge is 2.45. The van der Waals surface area contributed by atoms with Gasteiger partial charge >= 0.3 is 6.09 Å². The van der Waals surface area contributed by atoms with E-state index in [9.17, 15) is 38.1 Å². The van der Waals surface area contributed by atoms with Gasteiger partial charge in [-0.1, -0.05) is 55.1 Å². The van der Waals surface area contributed by atoms with Gasteiger partial charge in [-0.3, -0.25) is 9.59 Å². The summed E-state index contributed by atoms with van der Waals surface area (Å²) in [6.07, 6.45) is -1.05. The molecule has 3 aliphatic rings. The smallest absolute Gasteiger partial charge is 0.416 e. The Labute approximate surface area is 345 Å². The van der Waals surface area contributed by atoms with Crippen LogP contribution in [0.5, 0.6) is 17.2 Å². The number of carbonyl (C=O) groups excluding carboxylic acids is 3. The van der Waals surface area contributed by atoms with Crippen LogP contribution in [0, 0.1) is 0 Å². The topological polar surface area (TPSA) is 195 Å². The quantitative estimate of drug-likeness (QED) is 0.114. The van der Waals surface area contributed by atoms with Crippen molar-refractivity contribution >= 4 is 67.3 Å². The Bertz CT molecular complexity index is 2460. The van der Waals surface area contributed by atoms with Crippen molar-refractivity contribution in [3.8, 4) is 17.2 Å². The molecule has 59 heavy (non-hydrogen) atoms. The third kappa shape index (κ3) is 7.81. The summed E-state index contributed by atoms with van der Waals surface area (Å²) >= 11 is 6.34. The van der Waals surface area contributed by atoms with Crippen LogP contribution in [0.25, 0.3) is 16.3 Å². The normalized spacial score (nSPS) is 19.3. The van der Waals surface area contributed by atoms with E-state index in [0.717, 1.165) is 15.8 Å². The minimum absolute atomic E-state index is 0.000295. The Morgan fingerprint density at radius 1 is 1.07 bits per heavy atom. The zero-order valence-corrected chi connectivity index (χ0v) is 33.8. The summed E-state index contributed by atoms with van der Waals surface area (Å²) in [6, 6.07) is 16.8. The number of hydrogen-bond acceptors (Lipinski definition) is 11. The number of aliphatic hydroxyl groups is 2. The minimum Gasteiger partial charge on any atom is -0.507 e. The summed E-state index contributed by atoms with van der Waals surface area (Å²) in [5.41, 5.74) is 2.68. The van der Waals surface area contributed by atoms with E-state index in [1.54, 1.807) is 24.3 Å². The Hall–Kier alpha value is -5.65. The number of rotatable bonds is 12. The summed E-state index contributed by atoms with van der Waals surface area (Å²) in [5, 5.41) is 35.3. The Morgan fingerprint density at radius 2 is 1.80 bits per heavy atom. The second-order valence-corrected chi connectivity index (χ2v) is 16.5. The molecule has 15 nitrogen and oxygen atoms in total. The number of phenolic OH excluding ortho intramolecular Hbond substituents is 1. The zero-order chi connectivity index (χ0) is 42.2. The number of methoxy groups -OCH3 is 1. The molecule has 17 heteroatoms. The maximum absolute atomic E-state index is 14.3. The van der Waals surface area contributed by atoms with Gasteiger partial charge in [-0.05, 0) is 53.8 Å². The molecular weight excluding hydrogens is 804 g/mol. The van der Waals surface area contributed by atoms with E-state index in [1.165, 1.54) is 60.4 Å². The molecule has 0 radical (unpaired) electrons. The lowest BCUT2D eigenvalue weighted by Crippen LogP contribution is -2.54. The number of aliphatic hydroxyl groups excluding tert-OH is 2. The summed E-state index contributed by atoms with van der Waals surface area (Å²) in [7, 11) is -1.01. The van der Waals surface area contributed by atoms with E-state index >= 15 is 0 Å². The molecule has 3 amide bonds. The van der Waals surface area contributed by atoms with Gasteiger partial charge in [0, 0.05) is 42.4 Å². The number of halogens is 1. The predicted octanol–water partition coefficient (Wildman–Crippen LogP) is 4.72. The molecule has 4 N–H and O–H groups in total. The first-order chi connectivity index (χ1) is 28.3. The maximum Gasteiger partial charge on any atom is 0.416 e. The van der Waals surface area contributed by atoms with Crippen molar-refractivity contribution in [1.29, 1.82) is 0 Å². The number of amides is 3. The number of ether oxygens (including phenoxy) is 3. The molecule has 3 heterocycles. The van der Waals surface area contributed by atoms with Crippen LogP contribution >= 0.6 is 11.6 Å². The fraction of sp³-hybridized carbons (Fsp3) is 0.310. The first kappa shape index (κ1) is 41.5. The lowest BCUT2D eigenvalue weighted by Gasteiger charge is -2.38. The maximum atomic E-state index is 14.3. The third-order valence-corrected chi connectivity index (χ3v) is 12.6. The Kier molecular flexibility index (Phi) is 11.9. The van der Waals surface area contributed by atoms with Crippen molar-refractivity contribution in [2.45, 2.75) is 42.0 Å². The van der Waals surface area contributed by atoms with E-state index in [2.05, 4.69) is 11.3 Å². The number of nitrogens with zero attached hydrogens (tertiary/aromatic N) is 3. The number of sulfonamides is 1. The molecule has 7 rings (SSSR count). The zero-order valence-electron chi connectivity index (χ0n) is 32.2. The standard InChI is InChI=1S/C42H43ClN4O11S/c1-4-15-57-42(53)47-32-20-37(58-23-27(48)17-38(50)46-22-26(21-43)39-30-8-6-5-7-29(30)35(49)19-33(39)46)36(56-3)18-31(32)40(51)45-14-13-25(16-34(45)41(47)52)24-9-11-28(12-10-24)59(54,55)44-2/h4-13,18-20,26-27,34,41,44,48-49,52H,1,14-17,21-23H2,2-3H3/t26-,27-,34+,41?/m1/s1. The van der Waals surface area contributed by atoms with Crippen molar-refractivity contribution < 1.29 is 52.3 Å². The number of nitrogens with one attached hydrogen (secondary N) is 1. The van der Waals surface area contributed by atoms with Crippen LogP contribution < -0.4 is 24.0 Å². The van der Waals surface area contributed by atoms with Crippen molar-refractivity contribution in [3.05, 3.63) is 102 Å². The van der Waals surface area contributed by atoms with Crippen LogP contribution in [0.3, 0.4) is 0 Å². The van der Waals surface area contributed by atoms with E-state index in [1.807, 2.05) is 18.2 Å². The molecule has 1 unspecified atom stereocenters. The van der Waals surface area contributed by atoms with Gasteiger partial charge in [-0.15, -0.1) is 11.6 Å². The van der Waals surface area contributed by atoms with Gasteiger partial charge in [0.05, 0.1) is 47.5 Å². The summed E-state index contributed by atoms with van der Waals surface area (Å²) in [4.78, 5) is 45.6. The highest BCUT2D eigenvalue weighted by molar-refractivity contribution is 7.89. The summed E-state index contributed by atoms with van der Waals surface area (Å²) < 4.78 is 43.8. The van der Waals surface area contributed by atoms with E-state index in [4.69, 9.17) is 25.8 Å². The van der Waals surface area contributed by atoms with E-state index in [0.29, 0.717) is 22.2 Å². The van der Waals surface area contributed by atoms with E-state index < -0.39 is 52.9 Å². The molecule has 0 bridgehead atoms. The van der Waals surface area contributed by atoms with E-state index in [-0.39, 0.29) is 77.7 Å². The van der Waals surface area contributed by atoms with Crippen LogP contribution in [0.1, 0.15) is 40.2 Å². The van der Waals surface area contributed by atoms with Gasteiger partial charge in [0.1, 0.15) is 19.0 Å². The molecule has 4 aromatic rings. The van der Waals surface area contributed by atoms with Gasteiger partial charge in [-0.2, -0.15) is 0 Å². The third-order valence-electron chi connectivity index (χ3n) is 10.8. The van der Waals surface area contributed by atoms with Gasteiger partial charge in [0.2, 0.25) is 15.9 Å². The predicted molar refractivity (Wildman–Crippen MR) is 221 cm³/mol. The molecular formula is C42H43ClN4O11S. The number of benzene rings is 4. The lowest BCUT2D eigenvalue weighted by molar-refractivity contribution is -0.120. The summed E-state index contributed by atoms with van der Waals surface area (Å²) in [5.74, 6) is -0.819. The van der Waals surface area contributed by atoms with Crippen LogP contribution in [-0.2, 0) is 19.6 Å². The molecule has 310 valence electrons. The second kappa shape index (κ2) is 16.9. The molecule has 0 saturated carbocycles. The highest BCUT2D eigenvalue weighted by Crippen LogP contribution is 2.46. The van der Waals surface area contributed by atoms with Crippen molar-refractivity contribution in [2.24, 2.45) is 0 Å².